The maximum atomic E-state index is 12.4. The van der Waals surface area contributed by atoms with Gasteiger partial charge >= 0.3 is 0 Å². The second-order valence-corrected chi connectivity index (χ2v) is 8.56. The number of rotatable bonds is 5. The number of amides is 1. The summed E-state index contributed by atoms with van der Waals surface area (Å²) >= 11 is 1.53. The Morgan fingerprint density at radius 1 is 1.35 bits per heavy atom. The Morgan fingerprint density at radius 3 is 2.65 bits per heavy atom. The van der Waals surface area contributed by atoms with Crippen LogP contribution in [0, 0.1) is 0 Å². The maximum Gasteiger partial charge on any atom is 0.270 e. The van der Waals surface area contributed by atoms with Crippen LogP contribution in [-0.2, 0) is 19.8 Å². The van der Waals surface area contributed by atoms with Crippen LogP contribution < -0.4 is 5.32 Å². The molecule has 2 rings (SSSR count). The van der Waals surface area contributed by atoms with Crippen LogP contribution in [0.15, 0.2) is 0 Å². The van der Waals surface area contributed by atoms with Gasteiger partial charge in [-0.15, -0.1) is 16.9 Å². The number of thioether (sulfide) groups is 1. The van der Waals surface area contributed by atoms with Gasteiger partial charge in [0.05, 0.1) is 36.2 Å². The zero-order valence-electron chi connectivity index (χ0n) is 14.3. The number of nitrogens with one attached hydrogen (secondary N) is 1. The number of ether oxygens (including phenoxy) is 2. The lowest BCUT2D eigenvalue weighted by molar-refractivity contribution is -0.117. The first-order chi connectivity index (χ1) is 10.7. The molecule has 1 saturated heterocycles. The van der Waals surface area contributed by atoms with E-state index in [2.05, 4.69) is 20.7 Å². The van der Waals surface area contributed by atoms with Crippen LogP contribution in [0.2, 0.25) is 0 Å². The predicted octanol–water partition coefficient (Wildman–Crippen LogP) is 1.29. The Labute approximate surface area is 140 Å². The summed E-state index contributed by atoms with van der Waals surface area (Å²) in [4.78, 5) is 13.9. The van der Waals surface area contributed by atoms with E-state index in [9.17, 15) is 4.79 Å². The summed E-state index contributed by atoms with van der Waals surface area (Å²) in [5.41, 5.74) is -0.279. The molecule has 2 heterocycles. The third kappa shape index (κ3) is 5.15. The quantitative estimate of drug-likeness (QED) is 0.861. The molecule has 1 atom stereocenters. The van der Waals surface area contributed by atoms with Gasteiger partial charge in [0.25, 0.3) is 5.95 Å². The third-order valence-corrected chi connectivity index (χ3v) is 4.75. The SMILES string of the molecule is CC(C)(SCC1COCCO1)C(=O)Nc1nnn(C(C)(C)C)n1. The molecule has 1 unspecified atom stereocenters. The number of hydrogen-bond acceptors (Lipinski definition) is 7. The van der Waals surface area contributed by atoms with Gasteiger partial charge < -0.3 is 9.47 Å². The summed E-state index contributed by atoms with van der Waals surface area (Å²) in [6.07, 6.45) is 0.0284. The highest BCUT2D eigenvalue weighted by molar-refractivity contribution is 8.01. The lowest BCUT2D eigenvalue weighted by atomic mass is 10.1. The second kappa shape index (κ2) is 7.14. The monoisotopic (exact) mass is 343 g/mol. The highest BCUT2D eigenvalue weighted by Gasteiger charge is 2.31. The first kappa shape index (κ1) is 18.2. The molecular weight excluding hydrogens is 318 g/mol. The van der Waals surface area contributed by atoms with Gasteiger partial charge in [-0.25, -0.2) is 0 Å². The Morgan fingerprint density at radius 2 is 2.09 bits per heavy atom. The molecule has 1 N–H and O–H groups in total. The number of carbonyl (C=O) groups is 1. The van der Waals surface area contributed by atoms with Gasteiger partial charge in [-0.3, -0.25) is 10.1 Å². The van der Waals surface area contributed by atoms with Crippen molar-refractivity contribution in [2.75, 3.05) is 30.9 Å². The van der Waals surface area contributed by atoms with Gasteiger partial charge in [-0.1, -0.05) is 5.10 Å². The first-order valence-corrected chi connectivity index (χ1v) is 8.62. The number of aromatic nitrogens is 4. The molecule has 1 aromatic heterocycles. The van der Waals surface area contributed by atoms with Gasteiger partial charge in [0.2, 0.25) is 5.91 Å². The molecular formula is C14H25N5O3S. The fourth-order valence-corrected chi connectivity index (χ4v) is 2.78. The molecule has 130 valence electrons. The molecule has 0 saturated carbocycles. The Kier molecular flexibility index (Phi) is 5.64. The average Bonchev–Trinajstić information content (AvgIpc) is 2.95. The molecule has 1 aliphatic rings. The predicted molar refractivity (Wildman–Crippen MR) is 88.5 cm³/mol. The zero-order chi connectivity index (χ0) is 17.1. The largest absolute Gasteiger partial charge is 0.376 e. The van der Waals surface area contributed by atoms with Gasteiger partial charge in [0, 0.05) is 5.75 Å². The third-order valence-electron chi connectivity index (χ3n) is 3.30. The van der Waals surface area contributed by atoms with Crippen molar-refractivity contribution in [3.8, 4) is 0 Å². The molecule has 23 heavy (non-hydrogen) atoms. The number of nitrogens with zero attached hydrogens (tertiary/aromatic N) is 4. The van der Waals surface area contributed by atoms with E-state index in [-0.39, 0.29) is 23.5 Å². The van der Waals surface area contributed by atoms with E-state index in [0.717, 1.165) is 0 Å². The molecule has 9 heteroatoms. The molecule has 0 radical (unpaired) electrons. The molecule has 0 aromatic carbocycles. The zero-order valence-corrected chi connectivity index (χ0v) is 15.1. The minimum Gasteiger partial charge on any atom is -0.376 e. The van der Waals surface area contributed by atoms with Crippen molar-refractivity contribution in [3.05, 3.63) is 0 Å². The van der Waals surface area contributed by atoms with Crippen LogP contribution in [0.5, 0.6) is 0 Å². The van der Waals surface area contributed by atoms with E-state index in [1.807, 2.05) is 34.6 Å². The van der Waals surface area contributed by atoms with Gasteiger partial charge in [-0.05, 0) is 39.8 Å². The number of anilines is 1. The Balaban J connectivity index is 1.88. The standard InChI is InChI=1S/C14H25N5O3S/c1-13(2,3)19-17-12(16-18-19)15-11(20)14(4,5)23-9-10-8-21-6-7-22-10/h10H,6-9H2,1-5H3,(H,15,17,20). The van der Waals surface area contributed by atoms with Crippen molar-refractivity contribution in [1.29, 1.82) is 0 Å². The summed E-state index contributed by atoms with van der Waals surface area (Å²) < 4.78 is 10.3. The Bertz CT molecular complexity index is 535. The lowest BCUT2D eigenvalue weighted by Gasteiger charge is -2.27. The van der Waals surface area contributed by atoms with E-state index in [1.54, 1.807) is 0 Å². The smallest absolute Gasteiger partial charge is 0.270 e. The van der Waals surface area contributed by atoms with Crippen LogP contribution in [0.25, 0.3) is 0 Å². The summed E-state index contributed by atoms with van der Waals surface area (Å²) in [6.45, 7) is 11.4. The van der Waals surface area contributed by atoms with Gasteiger partial charge in [-0.2, -0.15) is 4.80 Å². The van der Waals surface area contributed by atoms with Gasteiger partial charge in [0.15, 0.2) is 0 Å². The van der Waals surface area contributed by atoms with E-state index in [4.69, 9.17) is 9.47 Å². The van der Waals surface area contributed by atoms with E-state index < -0.39 is 4.75 Å². The fraction of sp³-hybridized carbons (Fsp3) is 0.857. The highest BCUT2D eigenvalue weighted by atomic mass is 32.2. The summed E-state index contributed by atoms with van der Waals surface area (Å²) in [5.74, 6) is 0.756. The van der Waals surface area contributed by atoms with E-state index in [0.29, 0.717) is 25.6 Å². The average molecular weight is 343 g/mol. The molecule has 1 amide bonds. The number of hydrogen-bond donors (Lipinski definition) is 1. The molecule has 1 fully saturated rings. The normalized spacial score (nSPS) is 19.6. The second-order valence-electron chi connectivity index (χ2n) is 6.92. The van der Waals surface area contributed by atoms with E-state index >= 15 is 0 Å². The maximum absolute atomic E-state index is 12.4. The molecule has 0 spiro atoms. The van der Waals surface area contributed by atoms with Crippen LogP contribution in [0.1, 0.15) is 34.6 Å². The molecule has 1 aliphatic heterocycles. The minimum atomic E-state index is -0.631. The number of tetrazole rings is 1. The Hall–Kier alpha value is -1.19. The minimum absolute atomic E-state index is 0.0284. The van der Waals surface area contributed by atoms with Crippen molar-refractivity contribution in [3.63, 3.8) is 0 Å². The fourth-order valence-electron chi connectivity index (χ4n) is 1.80. The van der Waals surface area contributed by atoms with Crippen molar-refractivity contribution >= 4 is 23.6 Å². The van der Waals surface area contributed by atoms with Crippen molar-refractivity contribution < 1.29 is 14.3 Å². The molecule has 8 nitrogen and oxygen atoms in total. The van der Waals surface area contributed by atoms with Gasteiger partial charge in [0.1, 0.15) is 0 Å². The summed E-state index contributed by atoms with van der Waals surface area (Å²) in [6, 6.07) is 0. The van der Waals surface area contributed by atoms with Crippen molar-refractivity contribution in [2.45, 2.75) is 51.0 Å². The van der Waals surface area contributed by atoms with Crippen LogP contribution in [0.3, 0.4) is 0 Å². The molecule has 1 aromatic rings. The number of carbonyl (C=O) groups excluding carboxylic acids is 1. The summed E-state index contributed by atoms with van der Waals surface area (Å²) in [7, 11) is 0. The van der Waals surface area contributed by atoms with Crippen LogP contribution >= 0.6 is 11.8 Å². The lowest BCUT2D eigenvalue weighted by Crippen LogP contribution is -2.38. The topological polar surface area (TPSA) is 91.2 Å². The van der Waals surface area contributed by atoms with Crippen molar-refractivity contribution in [2.24, 2.45) is 0 Å². The summed E-state index contributed by atoms with van der Waals surface area (Å²) in [5, 5.41) is 14.8. The van der Waals surface area contributed by atoms with Crippen molar-refractivity contribution in [1.82, 2.24) is 20.2 Å². The van der Waals surface area contributed by atoms with E-state index in [1.165, 1.54) is 16.6 Å². The first-order valence-electron chi connectivity index (χ1n) is 7.64. The van der Waals surface area contributed by atoms with Crippen LogP contribution in [0.4, 0.5) is 5.95 Å². The highest BCUT2D eigenvalue weighted by Crippen LogP contribution is 2.27. The van der Waals surface area contributed by atoms with Crippen LogP contribution in [-0.4, -0.2) is 62.5 Å². The molecule has 0 bridgehead atoms. The molecule has 0 aliphatic carbocycles.